The smallest absolute Gasteiger partial charge is 0.310 e. The molecular formula is C19H24N4O5. The van der Waals surface area contributed by atoms with Gasteiger partial charge in [0.05, 0.1) is 32.9 Å². The summed E-state index contributed by atoms with van der Waals surface area (Å²) in [6.07, 6.45) is 4.00. The van der Waals surface area contributed by atoms with E-state index in [1.165, 1.54) is 14.2 Å². The lowest BCUT2D eigenvalue weighted by atomic mass is 9.94. The first-order valence-electron chi connectivity index (χ1n) is 8.92. The summed E-state index contributed by atoms with van der Waals surface area (Å²) in [4.78, 5) is 22.4. The van der Waals surface area contributed by atoms with Crippen LogP contribution < -0.4 is 24.4 Å². The van der Waals surface area contributed by atoms with Crippen molar-refractivity contribution in [3.05, 3.63) is 30.6 Å². The van der Waals surface area contributed by atoms with E-state index in [1.807, 2.05) is 4.90 Å². The van der Waals surface area contributed by atoms with Crippen LogP contribution in [-0.2, 0) is 4.79 Å². The number of carbonyl (C=O) groups is 1. The van der Waals surface area contributed by atoms with Crippen LogP contribution in [0.2, 0.25) is 0 Å². The molecular weight excluding hydrogens is 364 g/mol. The minimum absolute atomic E-state index is 0.431. The number of ether oxygens (including phenoxy) is 3. The summed E-state index contributed by atoms with van der Waals surface area (Å²) in [7, 11) is 4.59. The van der Waals surface area contributed by atoms with E-state index in [0.29, 0.717) is 41.8 Å². The van der Waals surface area contributed by atoms with Gasteiger partial charge in [-0.3, -0.25) is 4.79 Å². The van der Waals surface area contributed by atoms with Gasteiger partial charge in [-0.05, 0) is 31.0 Å². The normalized spacial score (nSPS) is 19.0. The van der Waals surface area contributed by atoms with Crippen molar-refractivity contribution in [3.8, 4) is 17.2 Å². The van der Waals surface area contributed by atoms with Crippen LogP contribution in [0.15, 0.2) is 30.6 Å². The molecule has 0 bridgehead atoms. The quantitative estimate of drug-likeness (QED) is 0.738. The molecule has 2 N–H and O–H groups in total. The summed E-state index contributed by atoms with van der Waals surface area (Å²) in [5, 5.41) is 13.1. The Morgan fingerprint density at radius 3 is 2.46 bits per heavy atom. The molecule has 1 aliphatic rings. The first-order valence-corrected chi connectivity index (χ1v) is 8.92. The predicted octanol–water partition coefficient (Wildman–Crippen LogP) is 2.24. The molecule has 2 unspecified atom stereocenters. The predicted molar refractivity (Wildman–Crippen MR) is 103 cm³/mol. The summed E-state index contributed by atoms with van der Waals surface area (Å²) in [6.45, 7) is 0.640. The highest BCUT2D eigenvalue weighted by molar-refractivity contribution is 5.74. The van der Waals surface area contributed by atoms with Gasteiger partial charge in [0.25, 0.3) is 0 Å². The number of nitrogens with zero attached hydrogens (tertiary/aromatic N) is 3. The number of nitrogens with one attached hydrogen (secondary N) is 1. The van der Waals surface area contributed by atoms with Gasteiger partial charge in [-0.15, -0.1) is 0 Å². The first-order chi connectivity index (χ1) is 13.6. The van der Waals surface area contributed by atoms with E-state index >= 15 is 0 Å². The number of hydrogen-bond donors (Lipinski definition) is 2. The minimum atomic E-state index is -0.877. The molecule has 0 amide bonds. The maximum absolute atomic E-state index is 11.9. The highest BCUT2D eigenvalue weighted by atomic mass is 16.5. The number of hydrogen-bond acceptors (Lipinski definition) is 8. The number of rotatable bonds is 7. The second-order valence-corrected chi connectivity index (χ2v) is 6.30. The number of anilines is 2. The van der Waals surface area contributed by atoms with Gasteiger partial charge in [0.15, 0.2) is 11.5 Å². The fraction of sp³-hybridized carbons (Fsp3) is 0.421. The van der Waals surface area contributed by atoms with E-state index in [0.717, 1.165) is 6.42 Å². The van der Waals surface area contributed by atoms with Crippen LogP contribution in [0.4, 0.5) is 11.6 Å². The van der Waals surface area contributed by atoms with E-state index < -0.39 is 18.1 Å². The lowest BCUT2D eigenvalue weighted by Crippen LogP contribution is -2.53. The van der Waals surface area contributed by atoms with Crippen molar-refractivity contribution in [3.63, 3.8) is 0 Å². The number of piperidine rings is 1. The average Bonchev–Trinajstić information content (AvgIpc) is 2.73. The second kappa shape index (κ2) is 8.64. The molecule has 150 valence electrons. The largest absolute Gasteiger partial charge is 0.493 e. The van der Waals surface area contributed by atoms with Crippen LogP contribution >= 0.6 is 0 Å². The lowest BCUT2D eigenvalue weighted by molar-refractivity contribution is -0.142. The molecule has 3 rings (SSSR count). The minimum Gasteiger partial charge on any atom is -0.493 e. The molecule has 1 aromatic carbocycles. The third-order valence-corrected chi connectivity index (χ3v) is 4.76. The molecule has 2 heterocycles. The Morgan fingerprint density at radius 1 is 1.14 bits per heavy atom. The molecule has 28 heavy (non-hydrogen) atoms. The van der Waals surface area contributed by atoms with Gasteiger partial charge < -0.3 is 29.5 Å². The van der Waals surface area contributed by atoms with E-state index in [9.17, 15) is 9.90 Å². The number of carboxylic acids is 1. The summed E-state index contributed by atoms with van der Waals surface area (Å²) >= 11 is 0. The van der Waals surface area contributed by atoms with Gasteiger partial charge in [-0.25, -0.2) is 9.97 Å². The third kappa shape index (κ3) is 3.73. The summed E-state index contributed by atoms with van der Waals surface area (Å²) in [5.41, 5.74) is 0.597. The van der Waals surface area contributed by atoms with Crippen molar-refractivity contribution >= 4 is 17.6 Å². The Bertz CT molecular complexity index is 817. The van der Waals surface area contributed by atoms with Gasteiger partial charge in [0, 0.05) is 18.9 Å². The van der Waals surface area contributed by atoms with Gasteiger partial charge in [-0.2, -0.15) is 0 Å². The number of aliphatic carboxylic acids is 1. The Kier molecular flexibility index (Phi) is 6.03. The monoisotopic (exact) mass is 388 g/mol. The fourth-order valence-corrected chi connectivity index (χ4v) is 3.47. The van der Waals surface area contributed by atoms with Crippen molar-refractivity contribution in [1.29, 1.82) is 0 Å². The topological polar surface area (TPSA) is 106 Å². The highest BCUT2D eigenvalue weighted by Gasteiger charge is 2.38. The summed E-state index contributed by atoms with van der Waals surface area (Å²) in [6, 6.07) is 5.24. The molecule has 1 aromatic heterocycles. The van der Waals surface area contributed by atoms with Crippen LogP contribution in [0.3, 0.4) is 0 Å². The standard InChI is InChI=1S/C19H24N4O5/c1-26-14-8-7-13(15(27-2)16(14)28-3)22-17-12(18(24)25)6-4-11-23(17)19-20-9-5-10-21-19/h5,7-10,12,17,22H,4,6,11H2,1-3H3,(H,24,25). The number of benzene rings is 1. The molecule has 2 aromatic rings. The zero-order chi connectivity index (χ0) is 20.1. The second-order valence-electron chi connectivity index (χ2n) is 6.30. The van der Waals surface area contributed by atoms with Crippen molar-refractivity contribution in [2.75, 3.05) is 38.1 Å². The van der Waals surface area contributed by atoms with Crippen LogP contribution in [0.25, 0.3) is 0 Å². The maximum Gasteiger partial charge on any atom is 0.310 e. The van der Waals surface area contributed by atoms with Crippen LogP contribution in [0, 0.1) is 5.92 Å². The molecule has 9 nitrogen and oxygen atoms in total. The van der Waals surface area contributed by atoms with Crippen molar-refractivity contribution in [1.82, 2.24) is 9.97 Å². The Balaban J connectivity index is 2.01. The average molecular weight is 388 g/mol. The molecule has 1 aliphatic heterocycles. The lowest BCUT2D eigenvalue weighted by Gasteiger charge is -2.40. The van der Waals surface area contributed by atoms with Crippen molar-refractivity contribution in [2.45, 2.75) is 19.0 Å². The molecule has 0 spiro atoms. The van der Waals surface area contributed by atoms with Gasteiger partial charge >= 0.3 is 5.97 Å². The van der Waals surface area contributed by atoms with Gasteiger partial charge in [0.1, 0.15) is 6.17 Å². The number of carboxylic acid groups (broad SMARTS) is 1. The van der Waals surface area contributed by atoms with Gasteiger partial charge in [-0.1, -0.05) is 0 Å². The SMILES string of the molecule is COc1ccc(NC2C(C(=O)O)CCCN2c2ncccn2)c(OC)c1OC. The molecule has 1 saturated heterocycles. The van der Waals surface area contributed by atoms with E-state index in [1.54, 1.807) is 37.7 Å². The Morgan fingerprint density at radius 2 is 1.86 bits per heavy atom. The highest BCUT2D eigenvalue weighted by Crippen LogP contribution is 2.43. The van der Waals surface area contributed by atoms with E-state index in [-0.39, 0.29) is 0 Å². The van der Waals surface area contributed by atoms with E-state index in [2.05, 4.69) is 15.3 Å². The van der Waals surface area contributed by atoms with Crippen molar-refractivity contribution < 1.29 is 24.1 Å². The fourth-order valence-electron chi connectivity index (χ4n) is 3.47. The maximum atomic E-state index is 11.9. The van der Waals surface area contributed by atoms with Crippen molar-refractivity contribution in [2.24, 2.45) is 5.92 Å². The molecule has 0 radical (unpaired) electrons. The molecule has 0 saturated carbocycles. The van der Waals surface area contributed by atoms with Crippen LogP contribution in [0.5, 0.6) is 17.2 Å². The van der Waals surface area contributed by atoms with Crippen LogP contribution in [0.1, 0.15) is 12.8 Å². The number of aromatic nitrogens is 2. The third-order valence-electron chi connectivity index (χ3n) is 4.76. The van der Waals surface area contributed by atoms with Crippen LogP contribution in [-0.4, -0.2) is 55.1 Å². The number of methoxy groups -OCH3 is 3. The van der Waals surface area contributed by atoms with Gasteiger partial charge in [0.2, 0.25) is 11.7 Å². The summed E-state index contributed by atoms with van der Waals surface area (Å²) < 4.78 is 16.3. The zero-order valence-electron chi connectivity index (χ0n) is 16.1. The molecule has 2 atom stereocenters. The summed E-state index contributed by atoms with van der Waals surface area (Å²) in [5.74, 6) is 0.343. The van der Waals surface area contributed by atoms with E-state index in [4.69, 9.17) is 14.2 Å². The molecule has 9 heteroatoms. The zero-order valence-corrected chi connectivity index (χ0v) is 16.1. The first kappa shape index (κ1) is 19.5. The molecule has 0 aliphatic carbocycles. The molecule has 1 fully saturated rings. The Labute approximate surface area is 163 Å². The Hall–Kier alpha value is -3.23.